The van der Waals surface area contributed by atoms with Crippen molar-refractivity contribution in [2.45, 2.75) is 18.3 Å². The molecule has 1 aromatic rings. The molecule has 1 aliphatic rings. The van der Waals surface area contributed by atoms with Gasteiger partial charge in [-0.15, -0.1) is 0 Å². The van der Waals surface area contributed by atoms with E-state index in [2.05, 4.69) is 52.2 Å². The van der Waals surface area contributed by atoms with Crippen LogP contribution in [0.1, 0.15) is 18.4 Å². The molecule has 1 aromatic carbocycles. The van der Waals surface area contributed by atoms with E-state index in [0.29, 0.717) is 6.54 Å². The molecule has 0 aromatic heterocycles. The van der Waals surface area contributed by atoms with Crippen molar-refractivity contribution < 1.29 is 9.90 Å². The van der Waals surface area contributed by atoms with Crippen molar-refractivity contribution >= 4 is 28.7 Å². The van der Waals surface area contributed by atoms with E-state index in [1.54, 1.807) is 0 Å². The SMILES string of the molecule is O=C(O)NCC1(c2ccc(I)cc2)CC1. The Balaban J connectivity index is 2.09. The highest BCUT2D eigenvalue weighted by Crippen LogP contribution is 2.47. The van der Waals surface area contributed by atoms with E-state index in [9.17, 15) is 4.79 Å². The average molecular weight is 317 g/mol. The fourth-order valence-electron chi connectivity index (χ4n) is 1.77. The summed E-state index contributed by atoms with van der Waals surface area (Å²) < 4.78 is 1.21. The van der Waals surface area contributed by atoms with Gasteiger partial charge in [0, 0.05) is 15.5 Å². The lowest BCUT2D eigenvalue weighted by atomic mass is 9.96. The van der Waals surface area contributed by atoms with E-state index < -0.39 is 6.09 Å². The molecule has 1 fully saturated rings. The maximum atomic E-state index is 10.4. The summed E-state index contributed by atoms with van der Waals surface area (Å²) in [4.78, 5) is 10.4. The number of carboxylic acid groups (broad SMARTS) is 1. The number of carbonyl (C=O) groups is 1. The van der Waals surface area contributed by atoms with Crippen LogP contribution >= 0.6 is 22.6 Å². The van der Waals surface area contributed by atoms with E-state index in [0.717, 1.165) is 12.8 Å². The van der Waals surface area contributed by atoms with E-state index in [-0.39, 0.29) is 5.41 Å². The van der Waals surface area contributed by atoms with Gasteiger partial charge in [0.25, 0.3) is 0 Å². The Morgan fingerprint density at radius 3 is 2.47 bits per heavy atom. The molecular formula is C11H12INO2. The van der Waals surface area contributed by atoms with Crippen LogP contribution in [0.2, 0.25) is 0 Å². The minimum Gasteiger partial charge on any atom is -0.465 e. The van der Waals surface area contributed by atoms with Crippen LogP contribution in [0.15, 0.2) is 24.3 Å². The maximum absolute atomic E-state index is 10.4. The van der Waals surface area contributed by atoms with Crippen molar-refractivity contribution in [1.29, 1.82) is 0 Å². The first-order chi connectivity index (χ1) is 7.12. The van der Waals surface area contributed by atoms with Gasteiger partial charge < -0.3 is 10.4 Å². The molecule has 1 amide bonds. The number of hydrogen-bond donors (Lipinski definition) is 2. The summed E-state index contributed by atoms with van der Waals surface area (Å²) >= 11 is 2.27. The Morgan fingerprint density at radius 1 is 1.40 bits per heavy atom. The van der Waals surface area contributed by atoms with Crippen molar-refractivity contribution in [2.24, 2.45) is 0 Å². The van der Waals surface area contributed by atoms with Crippen LogP contribution < -0.4 is 5.32 Å². The van der Waals surface area contributed by atoms with Crippen molar-refractivity contribution in [2.75, 3.05) is 6.54 Å². The first kappa shape index (κ1) is 10.7. The summed E-state index contributed by atoms with van der Waals surface area (Å²) in [5.74, 6) is 0. The van der Waals surface area contributed by atoms with Gasteiger partial charge in [0.15, 0.2) is 0 Å². The number of hydrogen-bond acceptors (Lipinski definition) is 1. The Hall–Kier alpha value is -0.780. The molecule has 2 N–H and O–H groups in total. The van der Waals surface area contributed by atoms with Gasteiger partial charge >= 0.3 is 6.09 Å². The van der Waals surface area contributed by atoms with Gasteiger partial charge in [0.05, 0.1) is 0 Å². The third-order valence-electron chi connectivity index (χ3n) is 2.89. The molecule has 0 saturated heterocycles. The number of amides is 1. The number of nitrogens with one attached hydrogen (secondary N) is 1. The maximum Gasteiger partial charge on any atom is 0.404 e. The van der Waals surface area contributed by atoms with E-state index in [1.807, 2.05) is 0 Å². The van der Waals surface area contributed by atoms with Crippen LogP contribution in [0.4, 0.5) is 4.79 Å². The molecular weight excluding hydrogens is 305 g/mol. The molecule has 15 heavy (non-hydrogen) atoms. The quantitative estimate of drug-likeness (QED) is 0.842. The highest BCUT2D eigenvalue weighted by molar-refractivity contribution is 14.1. The third-order valence-corrected chi connectivity index (χ3v) is 3.61. The molecule has 80 valence electrons. The second kappa shape index (κ2) is 4.00. The summed E-state index contributed by atoms with van der Waals surface area (Å²) in [7, 11) is 0. The molecule has 4 heteroatoms. The first-order valence-corrected chi connectivity index (χ1v) is 5.93. The van der Waals surface area contributed by atoms with Gasteiger partial charge in [-0.25, -0.2) is 4.79 Å². The van der Waals surface area contributed by atoms with Crippen LogP contribution in [-0.2, 0) is 5.41 Å². The molecule has 0 atom stereocenters. The molecule has 2 rings (SSSR count). The largest absolute Gasteiger partial charge is 0.465 e. The van der Waals surface area contributed by atoms with E-state index in [1.165, 1.54) is 9.13 Å². The average Bonchev–Trinajstić information content (AvgIpc) is 2.97. The van der Waals surface area contributed by atoms with Crippen LogP contribution in [0, 0.1) is 3.57 Å². The lowest BCUT2D eigenvalue weighted by Gasteiger charge is -2.15. The minimum atomic E-state index is -0.938. The summed E-state index contributed by atoms with van der Waals surface area (Å²) in [5.41, 5.74) is 1.32. The van der Waals surface area contributed by atoms with Gasteiger partial charge in [-0.2, -0.15) is 0 Å². The van der Waals surface area contributed by atoms with Crippen molar-refractivity contribution in [3.05, 3.63) is 33.4 Å². The fourth-order valence-corrected chi connectivity index (χ4v) is 2.13. The number of halogens is 1. The molecule has 3 nitrogen and oxygen atoms in total. The lowest BCUT2D eigenvalue weighted by Crippen LogP contribution is -2.30. The van der Waals surface area contributed by atoms with Crippen LogP contribution in [0.5, 0.6) is 0 Å². The second-order valence-corrected chi connectivity index (χ2v) is 5.19. The predicted molar refractivity (Wildman–Crippen MR) is 66.1 cm³/mol. The highest BCUT2D eigenvalue weighted by Gasteiger charge is 2.44. The standard InChI is InChI=1S/C11H12INO2/c12-9-3-1-8(2-4-9)11(5-6-11)7-13-10(14)15/h1-4,13H,5-7H2,(H,14,15). The minimum absolute atomic E-state index is 0.0722. The molecule has 0 heterocycles. The Kier molecular flexibility index (Phi) is 2.86. The Bertz CT molecular complexity index is 371. The third kappa shape index (κ3) is 2.42. The summed E-state index contributed by atoms with van der Waals surface area (Å²) in [5, 5.41) is 11.1. The molecule has 1 aliphatic carbocycles. The van der Waals surface area contributed by atoms with E-state index in [4.69, 9.17) is 5.11 Å². The molecule has 0 aliphatic heterocycles. The van der Waals surface area contributed by atoms with Gasteiger partial charge in [-0.05, 0) is 53.1 Å². The summed E-state index contributed by atoms with van der Waals surface area (Å²) in [6.07, 6.45) is 1.22. The van der Waals surface area contributed by atoms with Crippen molar-refractivity contribution in [3.63, 3.8) is 0 Å². The van der Waals surface area contributed by atoms with E-state index >= 15 is 0 Å². The predicted octanol–water partition coefficient (Wildman–Crippen LogP) is 2.59. The van der Waals surface area contributed by atoms with Gasteiger partial charge in [-0.1, -0.05) is 12.1 Å². The summed E-state index contributed by atoms with van der Waals surface area (Å²) in [6.45, 7) is 0.531. The Labute approximate surface area is 102 Å². The molecule has 0 bridgehead atoms. The topological polar surface area (TPSA) is 49.3 Å². The van der Waals surface area contributed by atoms with Crippen molar-refractivity contribution in [1.82, 2.24) is 5.32 Å². The molecule has 0 spiro atoms. The lowest BCUT2D eigenvalue weighted by molar-refractivity contribution is 0.193. The smallest absolute Gasteiger partial charge is 0.404 e. The van der Waals surface area contributed by atoms with Gasteiger partial charge in [0.1, 0.15) is 0 Å². The van der Waals surface area contributed by atoms with Gasteiger partial charge in [0.2, 0.25) is 0 Å². The second-order valence-electron chi connectivity index (χ2n) is 3.95. The zero-order valence-corrected chi connectivity index (χ0v) is 10.3. The van der Waals surface area contributed by atoms with Crippen molar-refractivity contribution in [3.8, 4) is 0 Å². The zero-order valence-electron chi connectivity index (χ0n) is 8.16. The first-order valence-electron chi connectivity index (χ1n) is 4.85. The highest BCUT2D eigenvalue weighted by atomic mass is 127. The van der Waals surface area contributed by atoms with Gasteiger partial charge in [-0.3, -0.25) is 0 Å². The normalized spacial score (nSPS) is 17.1. The fraction of sp³-hybridized carbons (Fsp3) is 0.364. The van der Waals surface area contributed by atoms with Crippen LogP contribution in [0.25, 0.3) is 0 Å². The Morgan fingerprint density at radius 2 is 2.00 bits per heavy atom. The number of rotatable bonds is 3. The van der Waals surface area contributed by atoms with Crippen LogP contribution in [0.3, 0.4) is 0 Å². The molecule has 1 saturated carbocycles. The molecule has 0 unspecified atom stereocenters. The van der Waals surface area contributed by atoms with Crippen LogP contribution in [-0.4, -0.2) is 17.7 Å². The molecule has 0 radical (unpaired) electrons. The zero-order chi connectivity index (χ0) is 10.9. The monoisotopic (exact) mass is 317 g/mol. The number of benzene rings is 1. The summed E-state index contributed by atoms with van der Waals surface area (Å²) in [6, 6.07) is 8.32.